The van der Waals surface area contributed by atoms with E-state index >= 15 is 0 Å². The quantitative estimate of drug-likeness (QED) is 0.697. The van der Waals surface area contributed by atoms with Gasteiger partial charge in [0.25, 0.3) is 0 Å². The average Bonchev–Trinajstić information content (AvgIpc) is 2.89. The molecule has 1 aliphatic heterocycles. The lowest BCUT2D eigenvalue weighted by molar-refractivity contribution is 0.438. The van der Waals surface area contributed by atoms with Crippen LogP contribution in [-0.4, -0.2) is 64.9 Å². The van der Waals surface area contributed by atoms with Crippen molar-refractivity contribution in [2.24, 2.45) is 0 Å². The highest BCUT2D eigenvalue weighted by Gasteiger charge is 2.29. The van der Waals surface area contributed by atoms with E-state index in [4.69, 9.17) is 0 Å². The molecule has 2 rings (SSSR count). The zero-order valence-electron chi connectivity index (χ0n) is 11.5. The van der Waals surface area contributed by atoms with Crippen molar-refractivity contribution < 1.29 is 12.6 Å². The van der Waals surface area contributed by atoms with E-state index in [9.17, 15) is 12.6 Å². The van der Waals surface area contributed by atoms with E-state index in [1.54, 1.807) is 10.9 Å². The van der Waals surface area contributed by atoms with Crippen LogP contribution in [0.25, 0.3) is 0 Å². The normalized spacial score (nSPS) is 18.4. The number of hydrogen-bond donors (Lipinski definition) is 1. The highest BCUT2D eigenvalue weighted by atomic mass is 32.2. The number of nitrogens with zero attached hydrogens (tertiary/aromatic N) is 3. The van der Waals surface area contributed by atoms with E-state index in [-0.39, 0.29) is 4.90 Å². The number of nitrogens with one attached hydrogen (secondary N) is 1. The molecule has 0 bridgehead atoms. The third-order valence-corrected chi connectivity index (χ3v) is 6.33. The molecule has 0 spiro atoms. The predicted octanol–water partition coefficient (Wildman–Crippen LogP) is -0.754. The molecule has 0 unspecified atom stereocenters. The first-order valence-corrected chi connectivity index (χ1v) is 9.49. The monoisotopic (exact) mass is 320 g/mol. The minimum absolute atomic E-state index is 0.217. The Morgan fingerprint density at radius 1 is 1.40 bits per heavy atom. The summed E-state index contributed by atoms with van der Waals surface area (Å²) in [4.78, 5) is 0.217. The molecular weight excluding hydrogens is 300 g/mol. The molecule has 0 atom stereocenters. The molecule has 9 heteroatoms. The second-order valence-electron chi connectivity index (χ2n) is 4.65. The molecule has 2 heterocycles. The Labute approximate surface area is 121 Å². The topological polar surface area (TPSA) is 84.3 Å². The van der Waals surface area contributed by atoms with Gasteiger partial charge in [0.15, 0.2) is 0 Å². The summed E-state index contributed by atoms with van der Waals surface area (Å²) in [5.74, 6) is 0.824. The van der Waals surface area contributed by atoms with Gasteiger partial charge in [0.2, 0.25) is 10.0 Å². The van der Waals surface area contributed by atoms with Crippen LogP contribution in [0.4, 0.5) is 0 Å². The third kappa shape index (κ3) is 3.66. The van der Waals surface area contributed by atoms with E-state index in [1.165, 1.54) is 10.5 Å². The Morgan fingerprint density at radius 2 is 2.10 bits per heavy atom. The van der Waals surface area contributed by atoms with Gasteiger partial charge in [-0.2, -0.15) is 9.40 Å². The van der Waals surface area contributed by atoms with Crippen molar-refractivity contribution in [3.8, 4) is 0 Å². The number of hydrogen-bond acceptors (Lipinski definition) is 5. The van der Waals surface area contributed by atoms with Gasteiger partial charge in [-0.05, 0) is 20.0 Å². The summed E-state index contributed by atoms with van der Waals surface area (Å²) in [5.41, 5.74) is 0. The molecule has 7 nitrogen and oxygen atoms in total. The summed E-state index contributed by atoms with van der Waals surface area (Å²) < 4.78 is 39.1. The van der Waals surface area contributed by atoms with Crippen molar-refractivity contribution >= 4 is 20.8 Å². The molecule has 20 heavy (non-hydrogen) atoms. The molecule has 1 fully saturated rings. The Hall–Kier alpha value is -0.770. The van der Waals surface area contributed by atoms with Gasteiger partial charge < -0.3 is 5.32 Å². The molecule has 0 saturated carbocycles. The number of rotatable bonds is 6. The maximum atomic E-state index is 12.4. The fourth-order valence-electron chi connectivity index (χ4n) is 2.03. The first-order valence-electron chi connectivity index (χ1n) is 6.56. The number of sulfonamides is 1. The van der Waals surface area contributed by atoms with Crippen molar-refractivity contribution in [3.05, 3.63) is 12.4 Å². The molecule has 0 radical (unpaired) electrons. The lowest BCUT2D eigenvalue weighted by Gasteiger charge is -2.24. The zero-order valence-corrected chi connectivity index (χ0v) is 13.1. The van der Waals surface area contributed by atoms with Crippen molar-refractivity contribution in [1.29, 1.82) is 0 Å². The SMILES string of the molecule is CNCCCn1cc(S(=O)(=O)N2CCS(=O)CC2)cn1. The van der Waals surface area contributed by atoms with Crippen molar-refractivity contribution in [2.75, 3.05) is 38.2 Å². The summed E-state index contributed by atoms with van der Waals surface area (Å²) in [6.07, 6.45) is 3.84. The third-order valence-electron chi connectivity index (χ3n) is 3.20. The summed E-state index contributed by atoms with van der Waals surface area (Å²) in [5, 5.41) is 7.12. The summed E-state index contributed by atoms with van der Waals surface area (Å²) >= 11 is 0. The molecule has 0 amide bonds. The van der Waals surface area contributed by atoms with Gasteiger partial charge in [0.05, 0.1) is 6.20 Å². The van der Waals surface area contributed by atoms with E-state index in [0.29, 0.717) is 31.1 Å². The molecule has 0 aliphatic carbocycles. The zero-order chi connectivity index (χ0) is 14.6. The second-order valence-corrected chi connectivity index (χ2v) is 8.28. The Balaban J connectivity index is 2.04. The van der Waals surface area contributed by atoms with Gasteiger partial charge >= 0.3 is 0 Å². The van der Waals surface area contributed by atoms with Gasteiger partial charge in [-0.15, -0.1) is 0 Å². The fourth-order valence-corrected chi connectivity index (χ4v) is 4.71. The number of aromatic nitrogens is 2. The smallest absolute Gasteiger partial charge is 0.246 e. The van der Waals surface area contributed by atoms with Crippen molar-refractivity contribution in [1.82, 2.24) is 19.4 Å². The number of aryl methyl sites for hydroxylation is 1. The minimum Gasteiger partial charge on any atom is -0.320 e. The molecule has 1 saturated heterocycles. The van der Waals surface area contributed by atoms with Crippen LogP contribution in [0, 0.1) is 0 Å². The molecule has 1 aliphatic rings. The first-order chi connectivity index (χ1) is 9.54. The Morgan fingerprint density at radius 3 is 2.75 bits per heavy atom. The Kier molecular flexibility index (Phi) is 5.30. The predicted molar refractivity (Wildman–Crippen MR) is 77.4 cm³/mol. The van der Waals surface area contributed by atoms with Gasteiger partial charge in [0.1, 0.15) is 4.90 Å². The molecule has 1 aromatic heterocycles. The van der Waals surface area contributed by atoms with Crippen LogP contribution in [0.1, 0.15) is 6.42 Å². The van der Waals surface area contributed by atoms with Gasteiger partial charge in [-0.25, -0.2) is 8.42 Å². The van der Waals surface area contributed by atoms with E-state index in [2.05, 4.69) is 10.4 Å². The van der Waals surface area contributed by atoms with Crippen molar-refractivity contribution in [3.63, 3.8) is 0 Å². The molecular formula is C11H20N4O3S2. The maximum absolute atomic E-state index is 12.4. The van der Waals surface area contributed by atoms with Crippen LogP contribution < -0.4 is 5.32 Å². The van der Waals surface area contributed by atoms with Crippen LogP contribution >= 0.6 is 0 Å². The van der Waals surface area contributed by atoms with E-state index in [0.717, 1.165) is 13.0 Å². The van der Waals surface area contributed by atoms with Gasteiger partial charge in [-0.3, -0.25) is 8.89 Å². The fraction of sp³-hybridized carbons (Fsp3) is 0.727. The minimum atomic E-state index is -3.50. The van der Waals surface area contributed by atoms with E-state index < -0.39 is 20.8 Å². The van der Waals surface area contributed by atoms with Crippen molar-refractivity contribution in [2.45, 2.75) is 17.9 Å². The van der Waals surface area contributed by atoms with Crippen LogP contribution in [-0.2, 0) is 27.4 Å². The Bertz CT molecular complexity index is 560. The van der Waals surface area contributed by atoms with Gasteiger partial charge in [-0.1, -0.05) is 0 Å². The maximum Gasteiger partial charge on any atom is 0.246 e. The van der Waals surface area contributed by atoms with Crippen LogP contribution in [0.5, 0.6) is 0 Å². The van der Waals surface area contributed by atoms with E-state index in [1.807, 2.05) is 7.05 Å². The van der Waals surface area contributed by atoms with Crippen LogP contribution in [0.15, 0.2) is 17.3 Å². The molecule has 1 aromatic rings. The molecule has 114 valence electrons. The van der Waals surface area contributed by atoms with Gasteiger partial charge in [0, 0.05) is 48.1 Å². The molecule has 1 N–H and O–H groups in total. The second kappa shape index (κ2) is 6.79. The summed E-state index contributed by atoms with van der Waals surface area (Å²) in [6.45, 7) is 2.18. The lowest BCUT2D eigenvalue weighted by atomic mass is 10.4. The highest BCUT2D eigenvalue weighted by Crippen LogP contribution is 2.16. The summed E-state index contributed by atoms with van der Waals surface area (Å²) in [7, 11) is -2.51. The van der Waals surface area contributed by atoms with Crippen LogP contribution in [0.3, 0.4) is 0 Å². The highest BCUT2D eigenvalue weighted by molar-refractivity contribution is 7.89. The molecule has 0 aromatic carbocycles. The lowest BCUT2D eigenvalue weighted by Crippen LogP contribution is -2.41. The summed E-state index contributed by atoms with van der Waals surface area (Å²) in [6, 6.07) is 0. The first kappa shape index (κ1) is 15.6. The van der Waals surface area contributed by atoms with Crippen LogP contribution in [0.2, 0.25) is 0 Å². The standard InChI is InChI=1S/C11H20N4O3S2/c1-12-3-2-4-14-10-11(9-13-14)20(17,18)15-5-7-19(16)8-6-15/h9-10,12H,2-8H2,1H3. The largest absolute Gasteiger partial charge is 0.320 e. The average molecular weight is 320 g/mol.